The number of esters is 1. The molecule has 1 rings (SSSR count). The Labute approximate surface area is 156 Å². The van der Waals surface area contributed by atoms with Crippen molar-refractivity contribution in [2.45, 2.75) is 123 Å². The fourth-order valence-electron chi connectivity index (χ4n) is 3.78. The van der Waals surface area contributed by atoms with Gasteiger partial charge in [0.25, 0.3) is 0 Å². The number of carbonyl (C=O) groups is 1. The fourth-order valence-corrected chi connectivity index (χ4v) is 3.78. The van der Waals surface area contributed by atoms with Gasteiger partial charge < -0.3 is 4.74 Å². The smallest absolute Gasteiger partial charge is 0.303 e. The molecule has 0 spiro atoms. The highest BCUT2D eigenvalue weighted by molar-refractivity contribution is 5.67. The summed E-state index contributed by atoms with van der Waals surface area (Å²) < 4.78 is 5.53. The van der Waals surface area contributed by atoms with Crippen molar-refractivity contribution in [3.63, 3.8) is 0 Å². The molecule has 0 N–H and O–H groups in total. The molecule has 0 aromatic rings. The molecular weight excluding hydrogens is 308 g/mol. The van der Waals surface area contributed by atoms with Crippen LogP contribution in [-0.2, 0) is 9.53 Å². The predicted octanol–water partition coefficient (Wildman–Crippen LogP) is 7.37. The topological polar surface area (TPSA) is 26.3 Å². The van der Waals surface area contributed by atoms with Crippen molar-refractivity contribution in [3.8, 4) is 0 Å². The van der Waals surface area contributed by atoms with Crippen molar-refractivity contribution < 1.29 is 9.53 Å². The largest absolute Gasteiger partial charge is 0.459 e. The molecule has 1 fully saturated rings. The standard InChI is InChI=1S/C23H42O2/c1-4-5-6-7-8-9-10-11-12-13-14-15-16-17-18-19-23(20-21(23)2)25-22(3)24/h11-12,21H,4-10,13-20H2,1-3H3. The Kier molecular flexibility index (Phi) is 11.9. The van der Waals surface area contributed by atoms with E-state index in [1.807, 2.05) is 0 Å². The monoisotopic (exact) mass is 350 g/mol. The number of hydrogen-bond donors (Lipinski definition) is 0. The molecule has 2 atom stereocenters. The van der Waals surface area contributed by atoms with Crippen LogP contribution in [0.4, 0.5) is 0 Å². The van der Waals surface area contributed by atoms with E-state index in [9.17, 15) is 4.79 Å². The summed E-state index contributed by atoms with van der Waals surface area (Å²) in [6.45, 7) is 6.00. The molecule has 146 valence electrons. The lowest BCUT2D eigenvalue weighted by Crippen LogP contribution is -2.19. The molecule has 0 radical (unpaired) electrons. The summed E-state index contributed by atoms with van der Waals surface area (Å²) in [5.41, 5.74) is -0.0922. The molecule has 0 aliphatic heterocycles. The van der Waals surface area contributed by atoms with Crippen molar-refractivity contribution in [2.75, 3.05) is 0 Å². The second kappa shape index (κ2) is 13.4. The summed E-state index contributed by atoms with van der Waals surface area (Å²) >= 11 is 0. The highest BCUT2D eigenvalue weighted by atomic mass is 16.6. The third kappa shape index (κ3) is 10.7. The van der Waals surface area contributed by atoms with Crippen LogP contribution in [0, 0.1) is 5.92 Å². The minimum absolute atomic E-state index is 0.0922. The third-order valence-corrected chi connectivity index (χ3v) is 5.60. The van der Waals surface area contributed by atoms with Gasteiger partial charge in [0.2, 0.25) is 0 Å². The van der Waals surface area contributed by atoms with Gasteiger partial charge in [-0.05, 0) is 50.9 Å². The van der Waals surface area contributed by atoms with Crippen molar-refractivity contribution in [3.05, 3.63) is 12.2 Å². The molecule has 25 heavy (non-hydrogen) atoms. The van der Waals surface area contributed by atoms with E-state index in [1.165, 1.54) is 90.4 Å². The molecule has 0 saturated heterocycles. The molecule has 0 bridgehead atoms. The maximum Gasteiger partial charge on any atom is 0.303 e. The second-order valence-electron chi connectivity index (χ2n) is 8.10. The van der Waals surface area contributed by atoms with E-state index >= 15 is 0 Å². The lowest BCUT2D eigenvalue weighted by Gasteiger charge is -2.16. The number of rotatable bonds is 16. The van der Waals surface area contributed by atoms with Crippen LogP contribution in [0.25, 0.3) is 0 Å². The van der Waals surface area contributed by atoms with Gasteiger partial charge >= 0.3 is 5.97 Å². The summed E-state index contributed by atoms with van der Waals surface area (Å²) in [7, 11) is 0. The normalized spacial score (nSPS) is 22.4. The van der Waals surface area contributed by atoms with E-state index in [0.717, 1.165) is 12.8 Å². The molecule has 0 amide bonds. The number of ether oxygens (including phenoxy) is 1. The average Bonchev–Trinajstić information content (AvgIpc) is 3.19. The fraction of sp³-hybridized carbons (Fsp3) is 0.870. The zero-order chi connectivity index (χ0) is 18.4. The molecule has 2 heteroatoms. The van der Waals surface area contributed by atoms with Gasteiger partial charge in [-0.25, -0.2) is 0 Å². The van der Waals surface area contributed by atoms with Crippen LogP contribution in [-0.4, -0.2) is 11.6 Å². The van der Waals surface area contributed by atoms with Crippen molar-refractivity contribution in [2.24, 2.45) is 5.92 Å². The average molecular weight is 351 g/mol. The molecule has 1 aliphatic rings. The minimum Gasteiger partial charge on any atom is -0.459 e. The Morgan fingerprint density at radius 2 is 1.40 bits per heavy atom. The Morgan fingerprint density at radius 3 is 1.88 bits per heavy atom. The zero-order valence-electron chi connectivity index (χ0n) is 17.2. The van der Waals surface area contributed by atoms with E-state index < -0.39 is 0 Å². The Morgan fingerprint density at radius 1 is 0.920 bits per heavy atom. The highest BCUT2D eigenvalue weighted by Crippen LogP contribution is 2.50. The first-order valence-corrected chi connectivity index (χ1v) is 11.0. The molecule has 0 aromatic heterocycles. The van der Waals surface area contributed by atoms with E-state index in [-0.39, 0.29) is 11.6 Å². The van der Waals surface area contributed by atoms with Gasteiger partial charge in [-0.2, -0.15) is 0 Å². The van der Waals surface area contributed by atoms with Gasteiger partial charge in [-0.3, -0.25) is 4.79 Å². The Balaban J connectivity index is 1.84. The highest BCUT2D eigenvalue weighted by Gasteiger charge is 2.53. The molecule has 1 aliphatic carbocycles. The third-order valence-electron chi connectivity index (χ3n) is 5.60. The van der Waals surface area contributed by atoms with Gasteiger partial charge in [0.1, 0.15) is 5.60 Å². The van der Waals surface area contributed by atoms with Crippen LogP contribution in [0.15, 0.2) is 12.2 Å². The van der Waals surface area contributed by atoms with Gasteiger partial charge in [-0.15, -0.1) is 0 Å². The van der Waals surface area contributed by atoms with Gasteiger partial charge in [0.05, 0.1) is 0 Å². The maximum atomic E-state index is 11.2. The van der Waals surface area contributed by atoms with Crippen LogP contribution in [0.3, 0.4) is 0 Å². The Hall–Kier alpha value is -0.790. The molecule has 1 saturated carbocycles. The van der Waals surface area contributed by atoms with E-state index in [4.69, 9.17) is 4.74 Å². The van der Waals surface area contributed by atoms with Crippen LogP contribution in [0.2, 0.25) is 0 Å². The number of carbonyl (C=O) groups excluding carboxylic acids is 1. The second-order valence-corrected chi connectivity index (χ2v) is 8.10. The number of hydrogen-bond acceptors (Lipinski definition) is 2. The van der Waals surface area contributed by atoms with Gasteiger partial charge in [0.15, 0.2) is 0 Å². The van der Waals surface area contributed by atoms with Crippen LogP contribution >= 0.6 is 0 Å². The summed E-state index contributed by atoms with van der Waals surface area (Å²) in [5.74, 6) is 0.449. The SMILES string of the molecule is CCCCCCCCC=CCCCCCCCC1(OC(C)=O)CC1C. The first-order valence-electron chi connectivity index (χ1n) is 11.0. The van der Waals surface area contributed by atoms with Crippen molar-refractivity contribution >= 4 is 5.97 Å². The molecule has 0 aromatic carbocycles. The van der Waals surface area contributed by atoms with E-state index in [1.54, 1.807) is 0 Å². The maximum absolute atomic E-state index is 11.2. The number of unbranched alkanes of at least 4 members (excludes halogenated alkanes) is 11. The summed E-state index contributed by atoms with van der Waals surface area (Å²) in [6, 6.07) is 0. The lowest BCUT2D eigenvalue weighted by molar-refractivity contribution is -0.149. The predicted molar refractivity (Wildman–Crippen MR) is 108 cm³/mol. The Bertz CT molecular complexity index is 374. The van der Waals surface area contributed by atoms with E-state index in [2.05, 4.69) is 26.0 Å². The molecule has 2 unspecified atom stereocenters. The molecule has 0 heterocycles. The van der Waals surface area contributed by atoms with Crippen LogP contribution in [0.5, 0.6) is 0 Å². The van der Waals surface area contributed by atoms with E-state index in [0.29, 0.717) is 5.92 Å². The molecule has 2 nitrogen and oxygen atoms in total. The van der Waals surface area contributed by atoms with Gasteiger partial charge in [-0.1, -0.05) is 77.4 Å². The summed E-state index contributed by atoms with van der Waals surface area (Å²) in [5, 5.41) is 0. The van der Waals surface area contributed by atoms with Crippen LogP contribution in [0.1, 0.15) is 117 Å². The quantitative estimate of drug-likeness (QED) is 0.165. The van der Waals surface area contributed by atoms with Gasteiger partial charge in [0, 0.05) is 6.92 Å². The van der Waals surface area contributed by atoms with Crippen molar-refractivity contribution in [1.29, 1.82) is 0 Å². The zero-order valence-corrected chi connectivity index (χ0v) is 17.2. The molecular formula is C23H42O2. The van der Waals surface area contributed by atoms with Crippen LogP contribution < -0.4 is 0 Å². The first kappa shape index (κ1) is 22.3. The lowest BCUT2D eigenvalue weighted by atomic mass is 10.0. The first-order chi connectivity index (χ1) is 12.1. The number of allylic oxidation sites excluding steroid dienone is 2. The minimum atomic E-state index is -0.114. The van der Waals surface area contributed by atoms with Crippen molar-refractivity contribution in [1.82, 2.24) is 0 Å². The summed E-state index contributed by atoms with van der Waals surface area (Å²) in [6.07, 6.45) is 24.2. The summed E-state index contributed by atoms with van der Waals surface area (Å²) in [4.78, 5) is 11.2.